The number of guanidine groups is 1. The van der Waals surface area contributed by atoms with Crippen LogP contribution in [-0.4, -0.2) is 48.7 Å². The van der Waals surface area contributed by atoms with Crippen molar-refractivity contribution in [1.82, 2.24) is 15.5 Å². The molecular formula is C19H28N4O2S. The van der Waals surface area contributed by atoms with Gasteiger partial charge >= 0.3 is 0 Å². The fourth-order valence-corrected chi connectivity index (χ4v) is 4.07. The molecular weight excluding hydrogens is 348 g/mol. The Balaban J connectivity index is 1.62. The molecule has 3 heterocycles. The Kier molecular flexibility index (Phi) is 7.11. The lowest BCUT2D eigenvalue weighted by molar-refractivity contribution is 0.153. The minimum Gasteiger partial charge on any atom is -0.467 e. The topological polar surface area (TPSA) is 73.0 Å². The average Bonchev–Trinajstić information content (AvgIpc) is 3.43. The maximum Gasteiger partial charge on any atom is 0.191 e. The Bertz CT molecular complexity index is 651. The van der Waals surface area contributed by atoms with Gasteiger partial charge in [0.15, 0.2) is 5.96 Å². The second-order valence-corrected chi connectivity index (χ2v) is 7.39. The molecule has 2 atom stereocenters. The van der Waals surface area contributed by atoms with Crippen LogP contribution in [0.1, 0.15) is 42.5 Å². The van der Waals surface area contributed by atoms with Gasteiger partial charge in [-0.25, -0.2) is 0 Å². The molecule has 2 aromatic rings. The molecule has 0 amide bonds. The predicted molar refractivity (Wildman–Crippen MR) is 106 cm³/mol. The zero-order valence-corrected chi connectivity index (χ0v) is 16.0. The average molecular weight is 377 g/mol. The Morgan fingerprint density at radius 2 is 2.15 bits per heavy atom. The number of aliphatic imine (C=N–C) groups is 1. The van der Waals surface area contributed by atoms with E-state index in [9.17, 15) is 5.11 Å². The van der Waals surface area contributed by atoms with Crippen molar-refractivity contribution in [2.75, 3.05) is 32.7 Å². The molecule has 142 valence electrons. The highest BCUT2D eigenvalue weighted by molar-refractivity contribution is 7.10. The van der Waals surface area contributed by atoms with Crippen LogP contribution in [0.4, 0.5) is 0 Å². The van der Waals surface area contributed by atoms with Crippen LogP contribution in [0.5, 0.6) is 0 Å². The number of nitrogens with one attached hydrogen (secondary N) is 2. The third-order valence-electron chi connectivity index (χ3n) is 4.55. The van der Waals surface area contributed by atoms with Gasteiger partial charge in [-0.3, -0.25) is 9.89 Å². The van der Waals surface area contributed by atoms with Crippen LogP contribution in [0.15, 0.2) is 45.3 Å². The van der Waals surface area contributed by atoms with Crippen molar-refractivity contribution in [3.8, 4) is 0 Å². The maximum absolute atomic E-state index is 10.2. The number of likely N-dealkylation sites (tertiary alicyclic amines) is 1. The number of nitrogens with zero attached hydrogens (tertiary/aromatic N) is 2. The van der Waals surface area contributed by atoms with Gasteiger partial charge in [0.2, 0.25) is 0 Å². The van der Waals surface area contributed by atoms with E-state index in [0.29, 0.717) is 24.9 Å². The highest BCUT2D eigenvalue weighted by Gasteiger charge is 2.24. The first-order chi connectivity index (χ1) is 12.8. The first kappa shape index (κ1) is 18.9. The zero-order chi connectivity index (χ0) is 18.2. The minimum absolute atomic E-state index is 0.322. The summed E-state index contributed by atoms with van der Waals surface area (Å²) in [5, 5.41) is 18.8. The van der Waals surface area contributed by atoms with E-state index < -0.39 is 6.10 Å². The summed E-state index contributed by atoms with van der Waals surface area (Å²) in [4.78, 5) is 8.67. The predicted octanol–water partition coefficient (Wildman–Crippen LogP) is 2.77. The quantitative estimate of drug-likeness (QED) is 0.488. The number of hydrogen-bond acceptors (Lipinski definition) is 5. The van der Waals surface area contributed by atoms with Gasteiger partial charge in [-0.1, -0.05) is 6.07 Å². The van der Waals surface area contributed by atoms with Crippen molar-refractivity contribution < 1.29 is 9.52 Å². The molecule has 26 heavy (non-hydrogen) atoms. The van der Waals surface area contributed by atoms with Gasteiger partial charge in [-0.15, -0.1) is 11.3 Å². The fourth-order valence-electron chi connectivity index (χ4n) is 3.21. The van der Waals surface area contributed by atoms with Crippen molar-refractivity contribution in [2.45, 2.75) is 31.9 Å². The summed E-state index contributed by atoms with van der Waals surface area (Å²) in [5.74, 6) is 1.28. The molecule has 3 N–H and O–H groups in total. The fraction of sp³-hybridized carbons (Fsp3) is 0.526. The van der Waals surface area contributed by atoms with Crippen LogP contribution in [0.2, 0.25) is 0 Å². The number of aliphatic hydroxyl groups excluding tert-OH is 1. The second kappa shape index (κ2) is 9.75. The van der Waals surface area contributed by atoms with E-state index in [4.69, 9.17) is 9.41 Å². The number of hydrogen-bond donors (Lipinski definition) is 3. The molecule has 1 saturated heterocycles. The molecule has 1 fully saturated rings. The van der Waals surface area contributed by atoms with Crippen LogP contribution < -0.4 is 10.6 Å². The Labute approximate surface area is 158 Å². The summed E-state index contributed by atoms with van der Waals surface area (Å²) >= 11 is 1.80. The van der Waals surface area contributed by atoms with Gasteiger partial charge in [0.25, 0.3) is 0 Å². The third kappa shape index (κ3) is 5.09. The smallest absolute Gasteiger partial charge is 0.191 e. The summed E-state index contributed by atoms with van der Waals surface area (Å²) in [6.07, 6.45) is 3.40. The lowest BCUT2D eigenvalue weighted by atomic mass is 10.2. The second-order valence-electron chi connectivity index (χ2n) is 6.41. The van der Waals surface area contributed by atoms with Crippen LogP contribution in [0.3, 0.4) is 0 Å². The largest absolute Gasteiger partial charge is 0.467 e. The molecule has 2 aromatic heterocycles. The number of aliphatic hydroxyl groups is 1. The summed E-state index contributed by atoms with van der Waals surface area (Å²) in [6, 6.07) is 8.18. The lowest BCUT2D eigenvalue weighted by Gasteiger charge is -2.25. The maximum atomic E-state index is 10.2. The van der Waals surface area contributed by atoms with E-state index in [2.05, 4.69) is 33.0 Å². The number of furan rings is 1. The first-order valence-corrected chi connectivity index (χ1v) is 10.2. The molecule has 6 nitrogen and oxygen atoms in total. The van der Waals surface area contributed by atoms with E-state index >= 15 is 0 Å². The van der Waals surface area contributed by atoms with E-state index in [1.165, 1.54) is 17.7 Å². The first-order valence-electron chi connectivity index (χ1n) is 9.29. The summed E-state index contributed by atoms with van der Waals surface area (Å²) in [6.45, 7) is 6.14. The van der Waals surface area contributed by atoms with Crippen molar-refractivity contribution in [3.63, 3.8) is 0 Å². The van der Waals surface area contributed by atoms with Crippen LogP contribution in [-0.2, 0) is 0 Å². The van der Waals surface area contributed by atoms with Crippen LogP contribution >= 0.6 is 11.3 Å². The molecule has 1 aliphatic heterocycles. The van der Waals surface area contributed by atoms with Gasteiger partial charge in [-0.2, -0.15) is 0 Å². The van der Waals surface area contributed by atoms with E-state index in [1.54, 1.807) is 29.7 Å². The van der Waals surface area contributed by atoms with Crippen molar-refractivity contribution in [1.29, 1.82) is 0 Å². The van der Waals surface area contributed by atoms with E-state index in [1.807, 2.05) is 6.92 Å². The summed E-state index contributed by atoms with van der Waals surface area (Å²) in [7, 11) is 0. The Morgan fingerprint density at radius 3 is 2.81 bits per heavy atom. The zero-order valence-electron chi connectivity index (χ0n) is 15.2. The highest BCUT2D eigenvalue weighted by atomic mass is 32.1. The third-order valence-corrected chi connectivity index (χ3v) is 5.53. The molecule has 7 heteroatoms. The van der Waals surface area contributed by atoms with Crippen molar-refractivity contribution in [2.24, 2.45) is 4.99 Å². The molecule has 0 saturated carbocycles. The van der Waals surface area contributed by atoms with Gasteiger partial charge in [-0.05, 0) is 56.4 Å². The Hall–Kier alpha value is -1.83. The lowest BCUT2D eigenvalue weighted by Crippen LogP contribution is -2.40. The van der Waals surface area contributed by atoms with Crippen LogP contribution in [0.25, 0.3) is 0 Å². The number of rotatable bonds is 8. The molecule has 0 aromatic carbocycles. The Morgan fingerprint density at radius 1 is 1.31 bits per heavy atom. The molecule has 0 radical (unpaired) electrons. The van der Waals surface area contributed by atoms with Crippen molar-refractivity contribution in [3.05, 3.63) is 46.5 Å². The highest BCUT2D eigenvalue weighted by Crippen LogP contribution is 2.28. The monoisotopic (exact) mass is 376 g/mol. The molecule has 0 aliphatic carbocycles. The van der Waals surface area contributed by atoms with Crippen LogP contribution in [0, 0.1) is 0 Å². The van der Waals surface area contributed by atoms with Gasteiger partial charge in [0.1, 0.15) is 11.9 Å². The summed E-state index contributed by atoms with van der Waals surface area (Å²) in [5.41, 5.74) is 0. The standard InChI is InChI=1S/C19H28N4O2S/c1-2-20-19(22-14-16(24)17-7-5-11-25-17)21-13-15(18-8-6-12-26-18)23-9-3-4-10-23/h5-8,11-12,15-16,24H,2-4,9-10,13-14H2,1H3,(H2,20,21,22). The molecule has 1 aliphatic rings. The van der Waals surface area contributed by atoms with Gasteiger partial charge in [0.05, 0.1) is 25.4 Å². The van der Waals surface area contributed by atoms with Gasteiger partial charge in [0, 0.05) is 11.4 Å². The number of thiophene rings is 1. The molecule has 2 unspecified atom stereocenters. The van der Waals surface area contributed by atoms with Gasteiger partial charge < -0.3 is 20.2 Å². The molecule has 0 bridgehead atoms. The normalized spacial score (nSPS) is 18.0. The molecule has 3 rings (SSSR count). The summed E-state index contributed by atoms with van der Waals surface area (Å²) < 4.78 is 5.25. The van der Waals surface area contributed by atoms with Crippen molar-refractivity contribution >= 4 is 17.3 Å². The SMILES string of the molecule is CCNC(=NCC(c1cccs1)N1CCCC1)NCC(O)c1ccco1. The molecule has 0 spiro atoms. The minimum atomic E-state index is -0.694. The van der Waals surface area contributed by atoms with E-state index in [0.717, 1.165) is 25.6 Å². The van der Waals surface area contributed by atoms with E-state index in [-0.39, 0.29) is 0 Å².